The molecule has 1 aromatic carbocycles. The molecule has 4 heteroatoms. The summed E-state index contributed by atoms with van der Waals surface area (Å²) in [4.78, 5) is 0.402. The summed E-state index contributed by atoms with van der Waals surface area (Å²) in [5, 5.41) is 4.55. The second-order valence-corrected chi connectivity index (χ2v) is 5.03. The fraction of sp³-hybridized carbons (Fsp3) is 0.286. The van der Waals surface area contributed by atoms with Gasteiger partial charge in [-0.25, -0.2) is 4.68 Å². The van der Waals surface area contributed by atoms with E-state index in [-0.39, 0.29) is 0 Å². The van der Waals surface area contributed by atoms with Crippen molar-refractivity contribution in [3.05, 3.63) is 46.3 Å². The normalized spacial score (nSPS) is 10.7. The van der Waals surface area contributed by atoms with Gasteiger partial charge in [0.2, 0.25) is 0 Å². The first-order valence-electron chi connectivity index (χ1n) is 5.85. The maximum Gasteiger partial charge on any atom is 0.106 e. The van der Waals surface area contributed by atoms with Gasteiger partial charge in [-0.1, -0.05) is 23.8 Å². The molecule has 0 saturated heterocycles. The highest BCUT2D eigenvalue weighted by atomic mass is 32.1. The Bertz CT molecular complexity index is 626. The van der Waals surface area contributed by atoms with E-state index in [1.165, 1.54) is 5.56 Å². The van der Waals surface area contributed by atoms with Gasteiger partial charge >= 0.3 is 0 Å². The Hall–Kier alpha value is -1.68. The molecule has 0 aliphatic rings. The van der Waals surface area contributed by atoms with Gasteiger partial charge in [-0.2, -0.15) is 5.10 Å². The van der Waals surface area contributed by atoms with E-state index in [2.05, 4.69) is 18.9 Å². The van der Waals surface area contributed by atoms with E-state index in [4.69, 9.17) is 18.0 Å². The van der Waals surface area contributed by atoms with Crippen LogP contribution in [-0.4, -0.2) is 14.8 Å². The molecule has 0 radical (unpaired) electrons. The molecule has 0 aliphatic carbocycles. The molecule has 1 heterocycles. The van der Waals surface area contributed by atoms with Crippen molar-refractivity contribution >= 4 is 17.2 Å². The number of aromatic nitrogens is 2. The molecule has 0 spiro atoms. The predicted octanol–water partition coefficient (Wildman–Crippen LogP) is 2.74. The quantitative estimate of drug-likeness (QED) is 0.843. The van der Waals surface area contributed by atoms with Gasteiger partial charge in [-0.15, -0.1) is 0 Å². The second kappa shape index (κ2) is 4.53. The Morgan fingerprint density at radius 1 is 1.22 bits per heavy atom. The molecule has 0 aliphatic heterocycles. The van der Waals surface area contributed by atoms with Crippen LogP contribution in [-0.2, 0) is 0 Å². The number of hydrogen-bond donors (Lipinski definition) is 1. The number of nitrogens with zero attached hydrogens (tertiary/aromatic N) is 2. The first-order valence-corrected chi connectivity index (χ1v) is 6.26. The first kappa shape index (κ1) is 12.8. The minimum Gasteiger partial charge on any atom is -0.389 e. The number of aryl methyl sites for hydroxylation is 2. The maximum absolute atomic E-state index is 5.81. The SMILES string of the molecule is Cc1ccc(-n2nc(C)c(C)c2C)c(C(N)=S)c1. The maximum atomic E-state index is 5.81. The Balaban J connectivity index is 2.71. The van der Waals surface area contributed by atoms with E-state index in [0.717, 1.165) is 28.2 Å². The third kappa shape index (κ3) is 2.04. The Labute approximate surface area is 113 Å². The average molecular weight is 259 g/mol. The lowest BCUT2D eigenvalue weighted by Crippen LogP contribution is -2.15. The molecule has 0 unspecified atom stereocenters. The van der Waals surface area contributed by atoms with Crippen LogP contribution in [0, 0.1) is 27.7 Å². The van der Waals surface area contributed by atoms with Crippen LogP contribution in [0.2, 0.25) is 0 Å². The summed E-state index contributed by atoms with van der Waals surface area (Å²) in [6.07, 6.45) is 0. The van der Waals surface area contributed by atoms with Crippen LogP contribution >= 0.6 is 12.2 Å². The molecule has 0 atom stereocenters. The number of thiocarbonyl (C=S) groups is 1. The highest BCUT2D eigenvalue weighted by Gasteiger charge is 2.13. The van der Waals surface area contributed by atoms with E-state index in [9.17, 15) is 0 Å². The smallest absolute Gasteiger partial charge is 0.106 e. The van der Waals surface area contributed by atoms with Gasteiger partial charge < -0.3 is 5.73 Å². The van der Waals surface area contributed by atoms with Crippen LogP contribution in [0.4, 0.5) is 0 Å². The fourth-order valence-corrected chi connectivity index (χ4v) is 2.15. The van der Waals surface area contributed by atoms with Crippen molar-refractivity contribution in [2.45, 2.75) is 27.7 Å². The zero-order valence-corrected chi connectivity index (χ0v) is 11.9. The number of rotatable bonds is 2. The van der Waals surface area contributed by atoms with Crippen molar-refractivity contribution in [1.82, 2.24) is 9.78 Å². The number of nitrogens with two attached hydrogens (primary N) is 1. The lowest BCUT2D eigenvalue weighted by atomic mass is 10.1. The molecule has 18 heavy (non-hydrogen) atoms. The number of benzene rings is 1. The standard InChI is InChI=1S/C14H17N3S/c1-8-5-6-13(12(7-8)14(15)18)17-11(4)9(2)10(3)16-17/h5-7H,1-4H3,(H2,15,18). The summed E-state index contributed by atoms with van der Waals surface area (Å²) >= 11 is 5.13. The van der Waals surface area contributed by atoms with Gasteiger partial charge in [0.25, 0.3) is 0 Å². The Morgan fingerprint density at radius 3 is 2.39 bits per heavy atom. The lowest BCUT2D eigenvalue weighted by Gasteiger charge is -2.11. The van der Waals surface area contributed by atoms with Gasteiger partial charge in [-0.05, 0) is 45.4 Å². The highest BCUT2D eigenvalue weighted by Crippen LogP contribution is 2.21. The van der Waals surface area contributed by atoms with E-state index in [1.54, 1.807) is 0 Å². The van der Waals surface area contributed by atoms with E-state index >= 15 is 0 Å². The highest BCUT2D eigenvalue weighted by molar-refractivity contribution is 7.80. The summed E-state index contributed by atoms with van der Waals surface area (Å²) in [6, 6.07) is 6.06. The van der Waals surface area contributed by atoms with E-state index in [0.29, 0.717) is 4.99 Å². The molecule has 0 amide bonds. The zero-order chi connectivity index (χ0) is 13.4. The van der Waals surface area contributed by atoms with Crippen LogP contribution < -0.4 is 5.73 Å². The molecular weight excluding hydrogens is 242 g/mol. The topological polar surface area (TPSA) is 43.8 Å². The Kier molecular flexibility index (Phi) is 3.22. The van der Waals surface area contributed by atoms with Crippen molar-refractivity contribution in [3.63, 3.8) is 0 Å². The van der Waals surface area contributed by atoms with Crippen molar-refractivity contribution in [2.75, 3.05) is 0 Å². The van der Waals surface area contributed by atoms with E-state index < -0.39 is 0 Å². The fourth-order valence-electron chi connectivity index (χ4n) is 1.99. The molecule has 3 nitrogen and oxygen atoms in total. The third-order valence-electron chi connectivity index (χ3n) is 3.30. The van der Waals surface area contributed by atoms with Gasteiger partial charge in [-0.3, -0.25) is 0 Å². The van der Waals surface area contributed by atoms with Crippen LogP contribution in [0.1, 0.15) is 28.1 Å². The predicted molar refractivity (Wildman–Crippen MR) is 78.4 cm³/mol. The molecule has 0 bridgehead atoms. The van der Waals surface area contributed by atoms with Gasteiger partial charge in [0.05, 0.1) is 11.4 Å². The molecular formula is C14H17N3S. The average Bonchev–Trinajstić information content (AvgIpc) is 2.57. The van der Waals surface area contributed by atoms with Crippen molar-refractivity contribution in [3.8, 4) is 5.69 Å². The van der Waals surface area contributed by atoms with Crippen LogP contribution in [0.15, 0.2) is 18.2 Å². The molecule has 2 N–H and O–H groups in total. The Morgan fingerprint density at radius 2 is 1.89 bits per heavy atom. The minimum atomic E-state index is 0.402. The van der Waals surface area contributed by atoms with E-state index in [1.807, 2.05) is 36.7 Å². The van der Waals surface area contributed by atoms with Gasteiger partial charge in [0.1, 0.15) is 4.99 Å². The van der Waals surface area contributed by atoms with Crippen molar-refractivity contribution in [2.24, 2.45) is 5.73 Å². The molecule has 0 fully saturated rings. The lowest BCUT2D eigenvalue weighted by molar-refractivity contribution is 0.831. The molecule has 0 saturated carbocycles. The number of hydrogen-bond acceptors (Lipinski definition) is 2. The van der Waals surface area contributed by atoms with Gasteiger partial charge in [0, 0.05) is 11.3 Å². The third-order valence-corrected chi connectivity index (χ3v) is 3.52. The summed E-state index contributed by atoms with van der Waals surface area (Å²) in [6.45, 7) is 8.16. The zero-order valence-electron chi connectivity index (χ0n) is 11.1. The van der Waals surface area contributed by atoms with Crippen molar-refractivity contribution < 1.29 is 0 Å². The summed E-state index contributed by atoms with van der Waals surface area (Å²) < 4.78 is 1.92. The van der Waals surface area contributed by atoms with Gasteiger partial charge in [0.15, 0.2) is 0 Å². The largest absolute Gasteiger partial charge is 0.389 e. The summed E-state index contributed by atoms with van der Waals surface area (Å²) in [7, 11) is 0. The molecule has 94 valence electrons. The summed E-state index contributed by atoms with van der Waals surface area (Å²) in [5.41, 5.74) is 12.1. The van der Waals surface area contributed by atoms with Crippen LogP contribution in [0.3, 0.4) is 0 Å². The molecule has 1 aromatic heterocycles. The van der Waals surface area contributed by atoms with Crippen LogP contribution in [0.25, 0.3) is 5.69 Å². The summed E-state index contributed by atoms with van der Waals surface area (Å²) in [5.74, 6) is 0. The second-order valence-electron chi connectivity index (χ2n) is 4.59. The minimum absolute atomic E-state index is 0.402. The monoisotopic (exact) mass is 259 g/mol. The molecule has 2 aromatic rings. The van der Waals surface area contributed by atoms with Crippen molar-refractivity contribution in [1.29, 1.82) is 0 Å². The molecule has 2 rings (SSSR count). The first-order chi connectivity index (χ1) is 8.41. The van der Waals surface area contributed by atoms with Crippen LogP contribution in [0.5, 0.6) is 0 Å².